The van der Waals surface area contributed by atoms with Gasteiger partial charge in [-0.15, -0.1) is 0 Å². The van der Waals surface area contributed by atoms with Gasteiger partial charge in [-0.2, -0.15) is 0 Å². The Hall–Kier alpha value is -3.26. The van der Waals surface area contributed by atoms with Crippen LogP contribution in [0.15, 0.2) is 85.2 Å². The van der Waals surface area contributed by atoms with Crippen LogP contribution in [-0.4, -0.2) is 9.97 Å². The first-order valence-corrected chi connectivity index (χ1v) is 11.0. The molecule has 2 heteroatoms. The molecule has 2 aromatic carbocycles. The summed E-state index contributed by atoms with van der Waals surface area (Å²) >= 11 is 0. The molecule has 2 nitrogen and oxygen atoms in total. The topological polar surface area (TPSA) is 25.8 Å². The molecule has 0 bridgehead atoms. The first-order valence-electron chi connectivity index (χ1n) is 11.0. The Balaban J connectivity index is 0.000000213. The summed E-state index contributed by atoms with van der Waals surface area (Å²) in [6, 6.07) is 25.1. The lowest BCUT2D eigenvalue weighted by molar-refractivity contribution is 1.17. The zero-order valence-electron chi connectivity index (χ0n) is 21.0. The number of aromatic nitrogens is 2. The van der Waals surface area contributed by atoms with Crippen LogP contribution in [0.1, 0.15) is 44.8 Å². The maximum atomic E-state index is 4.08. The second-order valence-electron chi connectivity index (χ2n) is 8.27. The Kier molecular flexibility index (Phi) is 12.3. The molecule has 4 aromatic rings. The number of pyridine rings is 2. The number of hydrogen-bond donors (Lipinski definition) is 0. The zero-order valence-corrected chi connectivity index (χ0v) is 21.0. The van der Waals surface area contributed by atoms with E-state index in [1.165, 1.54) is 33.4 Å². The molecule has 168 valence electrons. The molecule has 0 amide bonds. The highest BCUT2D eigenvalue weighted by Gasteiger charge is 1.83. The Labute approximate surface area is 195 Å². The van der Waals surface area contributed by atoms with E-state index in [1.807, 2.05) is 52.2 Å². The predicted octanol–water partition coefficient (Wildman–Crippen LogP) is 8.00. The number of hydrogen-bond acceptors (Lipinski definition) is 2. The molecule has 0 aliphatic heterocycles. The SMILES string of the molecule is Cc1ccc(C)cc1.Cc1ccc(C)nc1.Cc1ccc(C)nc1.Cc1cccc(C)c1. The van der Waals surface area contributed by atoms with Crippen molar-refractivity contribution in [3.8, 4) is 0 Å². The molecule has 0 spiro atoms. The van der Waals surface area contributed by atoms with Crippen molar-refractivity contribution < 1.29 is 0 Å². The molecule has 0 atom stereocenters. The quantitative estimate of drug-likeness (QED) is 0.284. The molecule has 0 fully saturated rings. The van der Waals surface area contributed by atoms with Crippen molar-refractivity contribution in [3.05, 3.63) is 130 Å². The van der Waals surface area contributed by atoms with Crippen molar-refractivity contribution in [1.82, 2.24) is 9.97 Å². The van der Waals surface area contributed by atoms with Gasteiger partial charge in [0, 0.05) is 23.8 Å². The summed E-state index contributed by atoms with van der Waals surface area (Å²) in [6.07, 6.45) is 3.74. The van der Waals surface area contributed by atoms with E-state index in [9.17, 15) is 0 Å². The number of aryl methyl sites for hydroxylation is 8. The van der Waals surface area contributed by atoms with Crippen molar-refractivity contribution in [2.75, 3.05) is 0 Å². The van der Waals surface area contributed by atoms with E-state index in [0.29, 0.717) is 0 Å². The molecule has 0 unspecified atom stereocenters. The Morgan fingerprint density at radius 1 is 0.375 bits per heavy atom. The van der Waals surface area contributed by atoms with Crippen molar-refractivity contribution >= 4 is 0 Å². The van der Waals surface area contributed by atoms with Gasteiger partial charge in [0.15, 0.2) is 0 Å². The molecule has 0 saturated heterocycles. The maximum absolute atomic E-state index is 4.08. The maximum Gasteiger partial charge on any atom is 0.0372 e. The second kappa shape index (κ2) is 14.7. The van der Waals surface area contributed by atoms with E-state index in [-0.39, 0.29) is 0 Å². The first-order chi connectivity index (χ1) is 15.2. The smallest absolute Gasteiger partial charge is 0.0372 e. The third kappa shape index (κ3) is 13.1. The van der Waals surface area contributed by atoms with Crippen molar-refractivity contribution in [3.63, 3.8) is 0 Å². The van der Waals surface area contributed by atoms with Gasteiger partial charge in [0.25, 0.3) is 0 Å². The van der Waals surface area contributed by atoms with E-state index in [1.54, 1.807) is 0 Å². The van der Waals surface area contributed by atoms with Crippen molar-refractivity contribution in [2.45, 2.75) is 55.4 Å². The van der Waals surface area contributed by atoms with E-state index >= 15 is 0 Å². The lowest BCUT2D eigenvalue weighted by Crippen LogP contribution is -1.78. The lowest BCUT2D eigenvalue weighted by atomic mass is 10.2. The summed E-state index contributed by atoms with van der Waals surface area (Å²) in [5.74, 6) is 0. The van der Waals surface area contributed by atoms with Gasteiger partial charge in [0.2, 0.25) is 0 Å². The average molecular weight is 427 g/mol. The van der Waals surface area contributed by atoms with Crippen LogP contribution < -0.4 is 0 Å². The summed E-state index contributed by atoms with van der Waals surface area (Å²) in [5.41, 5.74) is 9.93. The van der Waals surface area contributed by atoms with Gasteiger partial charge < -0.3 is 0 Å². The molecule has 2 heterocycles. The van der Waals surface area contributed by atoms with Crippen LogP contribution in [0.5, 0.6) is 0 Å². The highest BCUT2D eigenvalue weighted by Crippen LogP contribution is 2.00. The minimum absolute atomic E-state index is 1.08. The monoisotopic (exact) mass is 426 g/mol. The van der Waals surface area contributed by atoms with Gasteiger partial charge in [-0.3, -0.25) is 9.97 Å². The largest absolute Gasteiger partial charge is 0.261 e. The second-order valence-corrected chi connectivity index (χ2v) is 8.27. The number of benzene rings is 2. The molecular weight excluding hydrogens is 388 g/mol. The standard InChI is InChI=1S/2C8H10.2C7H9N/c1-7-3-5-8(2)6-4-7;1-7-4-3-5-8(2)6-7;2*1-6-3-4-7(2)8-5-6/h2*3-6H,1-2H3;2*3-5H,1-2H3. The third-order valence-electron chi connectivity index (χ3n) is 4.51. The lowest BCUT2D eigenvalue weighted by Gasteiger charge is -1.90. The molecule has 0 aliphatic carbocycles. The van der Waals surface area contributed by atoms with Crippen LogP contribution in [0, 0.1) is 55.4 Å². The van der Waals surface area contributed by atoms with Gasteiger partial charge in [0.05, 0.1) is 0 Å². The van der Waals surface area contributed by atoms with Gasteiger partial charge in [-0.25, -0.2) is 0 Å². The van der Waals surface area contributed by atoms with Gasteiger partial charge >= 0.3 is 0 Å². The minimum atomic E-state index is 1.08. The normalized spacial score (nSPS) is 9.25. The summed E-state index contributed by atoms with van der Waals surface area (Å²) in [7, 11) is 0. The van der Waals surface area contributed by atoms with E-state index in [4.69, 9.17) is 0 Å². The van der Waals surface area contributed by atoms with Crippen LogP contribution in [-0.2, 0) is 0 Å². The van der Waals surface area contributed by atoms with Crippen molar-refractivity contribution in [1.29, 1.82) is 0 Å². The fraction of sp³-hybridized carbons (Fsp3) is 0.267. The van der Waals surface area contributed by atoms with Gasteiger partial charge in [-0.05, 0) is 78.6 Å². The molecule has 0 saturated carbocycles. The van der Waals surface area contributed by atoms with Crippen LogP contribution in [0.3, 0.4) is 0 Å². The molecule has 0 N–H and O–H groups in total. The molecule has 32 heavy (non-hydrogen) atoms. The minimum Gasteiger partial charge on any atom is -0.261 e. The third-order valence-corrected chi connectivity index (χ3v) is 4.51. The summed E-state index contributed by atoms with van der Waals surface area (Å²) in [5, 5.41) is 0. The molecular formula is C30H38N2. The average Bonchev–Trinajstić information content (AvgIpc) is 2.76. The number of nitrogens with zero attached hydrogens (tertiary/aromatic N) is 2. The van der Waals surface area contributed by atoms with Crippen LogP contribution >= 0.6 is 0 Å². The summed E-state index contributed by atoms with van der Waals surface area (Å²) < 4.78 is 0. The molecule has 2 aromatic heterocycles. The fourth-order valence-electron chi connectivity index (χ4n) is 2.53. The Morgan fingerprint density at radius 3 is 0.938 bits per heavy atom. The molecule has 4 rings (SSSR count). The van der Waals surface area contributed by atoms with Crippen LogP contribution in [0.2, 0.25) is 0 Å². The van der Waals surface area contributed by atoms with Crippen molar-refractivity contribution in [2.24, 2.45) is 0 Å². The van der Waals surface area contributed by atoms with E-state index in [2.05, 4.69) is 98.3 Å². The highest BCUT2D eigenvalue weighted by atomic mass is 14.7. The van der Waals surface area contributed by atoms with Gasteiger partial charge in [0.1, 0.15) is 0 Å². The predicted molar refractivity (Wildman–Crippen MR) is 139 cm³/mol. The highest BCUT2D eigenvalue weighted by molar-refractivity contribution is 5.20. The zero-order chi connectivity index (χ0) is 23.9. The van der Waals surface area contributed by atoms with Crippen LogP contribution in [0.4, 0.5) is 0 Å². The van der Waals surface area contributed by atoms with E-state index in [0.717, 1.165) is 11.4 Å². The van der Waals surface area contributed by atoms with E-state index < -0.39 is 0 Å². The molecule has 0 aliphatic rings. The first kappa shape index (κ1) is 26.8. The number of rotatable bonds is 0. The summed E-state index contributed by atoms with van der Waals surface area (Å²) in [6.45, 7) is 16.4. The Bertz CT molecular complexity index is 832. The van der Waals surface area contributed by atoms with Gasteiger partial charge in [-0.1, -0.05) is 82.9 Å². The molecule has 0 radical (unpaired) electrons. The summed E-state index contributed by atoms with van der Waals surface area (Å²) in [4.78, 5) is 8.16. The Morgan fingerprint density at radius 2 is 0.719 bits per heavy atom. The van der Waals surface area contributed by atoms with Crippen LogP contribution in [0.25, 0.3) is 0 Å². The fourth-order valence-corrected chi connectivity index (χ4v) is 2.53.